The van der Waals surface area contributed by atoms with E-state index in [-0.39, 0.29) is 5.78 Å². The van der Waals surface area contributed by atoms with Gasteiger partial charge in [-0.1, -0.05) is 31.2 Å². The van der Waals surface area contributed by atoms with Gasteiger partial charge in [0.1, 0.15) is 23.9 Å². The third kappa shape index (κ3) is 3.90. The zero-order chi connectivity index (χ0) is 15.6. The normalized spacial score (nSPS) is 12.0. The average Bonchev–Trinajstić information content (AvgIpc) is 2.74. The van der Waals surface area contributed by atoms with E-state index in [2.05, 4.69) is 29.6 Å². The molecule has 0 saturated heterocycles. The summed E-state index contributed by atoms with van der Waals surface area (Å²) < 4.78 is 7.49. The first-order chi connectivity index (χ1) is 9.79. The second kappa shape index (κ2) is 6.25. The number of carbonyl (C=O) groups is 1. The van der Waals surface area contributed by atoms with Crippen LogP contribution in [0.4, 0.5) is 0 Å². The zero-order valence-electron chi connectivity index (χ0n) is 12.8. The van der Waals surface area contributed by atoms with Crippen LogP contribution in [0.25, 0.3) is 11.0 Å². The number of halogens is 1. The molecule has 5 nitrogen and oxygen atoms in total. The van der Waals surface area contributed by atoms with Crippen molar-refractivity contribution in [3.05, 3.63) is 23.2 Å². The van der Waals surface area contributed by atoms with Crippen molar-refractivity contribution in [1.29, 1.82) is 0 Å². The summed E-state index contributed by atoms with van der Waals surface area (Å²) in [5, 5.41) is 1.03. The highest BCUT2D eigenvalue weighted by atomic mass is 35.5. The number of carbonyl (C=O) groups excluding carboxylic acids is 1. The van der Waals surface area contributed by atoms with Crippen LogP contribution in [-0.2, 0) is 11.5 Å². The van der Waals surface area contributed by atoms with Crippen molar-refractivity contribution >= 4 is 36.5 Å². The number of ether oxygens (including phenoxy) is 1. The molecule has 0 atom stereocenters. The van der Waals surface area contributed by atoms with E-state index in [1.165, 1.54) is 13.3 Å². The van der Waals surface area contributed by atoms with Gasteiger partial charge in [-0.15, -0.1) is 0 Å². The minimum absolute atomic E-state index is 0.0436. The topological polar surface area (TPSA) is 57.0 Å². The minimum Gasteiger partial charge on any atom is -0.361 e. The summed E-state index contributed by atoms with van der Waals surface area (Å²) in [7, 11) is -1.13. The number of Topliss-reactive ketones (excluding diaryl/α,β-unsaturated/α-hetero) is 1. The Morgan fingerprint density at radius 2 is 2.10 bits per heavy atom. The van der Waals surface area contributed by atoms with Crippen LogP contribution < -0.4 is 0 Å². The third-order valence-electron chi connectivity index (χ3n) is 3.22. The van der Waals surface area contributed by atoms with Crippen molar-refractivity contribution in [2.24, 2.45) is 0 Å². The Balaban J connectivity index is 2.23. The lowest BCUT2D eigenvalue weighted by Gasteiger charge is -2.16. The van der Waals surface area contributed by atoms with Crippen molar-refractivity contribution in [2.45, 2.75) is 39.3 Å². The first-order valence-corrected chi connectivity index (χ1v) is 11.0. The first kappa shape index (κ1) is 16.1. The molecule has 0 fully saturated rings. The Morgan fingerprint density at radius 3 is 2.71 bits per heavy atom. The molecule has 0 aromatic carbocycles. The SMILES string of the molecule is CC(=O)c1cc2c(Cl)ncnc2n1COCC[Si](C)(C)C. The fraction of sp³-hybridized carbons (Fsp3) is 0.500. The second-order valence-corrected chi connectivity index (χ2v) is 12.2. The lowest BCUT2D eigenvalue weighted by Crippen LogP contribution is -2.22. The van der Waals surface area contributed by atoms with Crippen LogP contribution in [0.1, 0.15) is 17.4 Å². The Morgan fingerprint density at radius 1 is 1.38 bits per heavy atom. The van der Waals surface area contributed by atoms with E-state index in [4.69, 9.17) is 16.3 Å². The smallest absolute Gasteiger partial charge is 0.176 e. The minimum atomic E-state index is -1.13. The predicted octanol–water partition coefficient (Wildman–Crippen LogP) is 3.60. The van der Waals surface area contributed by atoms with E-state index in [9.17, 15) is 4.79 Å². The van der Waals surface area contributed by atoms with Crippen LogP contribution in [0.2, 0.25) is 30.8 Å². The van der Waals surface area contributed by atoms with Crippen molar-refractivity contribution in [2.75, 3.05) is 6.61 Å². The molecule has 2 aromatic heterocycles. The number of fused-ring (bicyclic) bond motifs is 1. The van der Waals surface area contributed by atoms with Gasteiger partial charge in [-0.3, -0.25) is 9.36 Å². The van der Waals surface area contributed by atoms with Gasteiger partial charge in [0.15, 0.2) is 5.78 Å². The van der Waals surface area contributed by atoms with Crippen molar-refractivity contribution in [3.63, 3.8) is 0 Å². The van der Waals surface area contributed by atoms with Crippen molar-refractivity contribution in [3.8, 4) is 0 Å². The maximum absolute atomic E-state index is 11.8. The molecule has 114 valence electrons. The Labute approximate surface area is 130 Å². The predicted molar refractivity (Wildman–Crippen MR) is 86.6 cm³/mol. The largest absolute Gasteiger partial charge is 0.361 e. The van der Waals surface area contributed by atoms with Crippen molar-refractivity contribution < 1.29 is 9.53 Å². The summed E-state index contributed by atoms with van der Waals surface area (Å²) in [6, 6.07) is 2.80. The van der Waals surface area contributed by atoms with E-state index in [1.54, 1.807) is 10.6 Å². The molecule has 2 rings (SSSR count). The van der Waals surface area contributed by atoms with Gasteiger partial charge in [-0.2, -0.15) is 0 Å². The quantitative estimate of drug-likeness (QED) is 0.352. The molecule has 2 aromatic rings. The number of hydrogen-bond acceptors (Lipinski definition) is 4. The number of rotatable bonds is 6. The highest BCUT2D eigenvalue weighted by molar-refractivity contribution is 6.76. The molecule has 7 heteroatoms. The molecule has 0 aliphatic carbocycles. The molecule has 0 amide bonds. The maximum Gasteiger partial charge on any atom is 0.176 e. The summed E-state index contributed by atoms with van der Waals surface area (Å²) in [5.41, 5.74) is 1.17. The van der Waals surface area contributed by atoms with Crippen LogP contribution in [0.15, 0.2) is 12.4 Å². The van der Waals surface area contributed by atoms with Gasteiger partial charge in [0.2, 0.25) is 0 Å². The number of nitrogens with zero attached hydrogens (tertiary/aromatic N) is 3. The van der Waals surface area contributed by atoms with E-state index < -0.39 is 8.07 Å². The fourth-order valence-electron chi connectivity index (χ4n) is 1.99. The van der Waals surface area contributed by atoms with Gasteiger partial charge >= 0.3 is 0 Å². The lowest BCUT2D eigenvalue weighted by molar-refractivity contribution is 0.0832. The Bertz CT molecular complexity index is 664. The van der Waals surface area contributed by atoms with Gasteiger partial charge < -0.3 is 4.74 Å². The van der Waals surface area contributed by atoms with E-state index in [0.29, 0.717) is 35.2 Å². The Hall–Kier alpha value is -1.24. The fourth-order valence-corrected chi connectivity index (χ4v) is 2.93. The molecule has 2 heterocycles. The molecule has 0 N–H and O–H groups in total. The average molecular weight is 326 g/mol. The van der Waals surface area contributed by atoms with Crippen LogP contribution >= 0.6 is 11.6 Å². The van der Waals surface area contributed by atoms with Crippen LogP contribution in [0, 0.1) is 0 Å². The molecule has 21 heavy (non-hydrogen) atoms. The summed E-state index contributed by atoms with van der Waals surface area (Å²) in [4.78, 5) is 19.9. The second-order valence-electron chi connectivity index (χ2n) is 6.26. The lowest BCUT2D eigenvalue weighted by atomic mass is 10.3. The molecule has 0 aliphatic rings. The van der Waals surface area contributed by atoms with Gasteiger partial charge in [0.25, 0.3) is 0 Å². The molecule has 0 spiro atoms. The summed E-state index contributed by atoms with van der Waals surface area (Å²) in [5.74, 6) is -0.0436. The van der Waals surface area contributed by atoms with Crippen LogP contribution in [0.3, 0.4) is 0 Å². The van der Waals surface area contributed by atoms with Gasteiger partial charge in [-0.25, -0.2) is 9.97 Å². The molecule has 0 saturated carbocycles. The third-order valence-corrected chi connectivity index (χ3v) is 5.22. The number of hydrogen-bond donors (Lipinski definition) is 0. The molecular formula is C14H20ClN3O2Si. The molecular weight excluding hydrogens is 306 g/mol. The van der Waals surface area contributed by atoms with E-state index >= 15 is 0 Å². The first-order valence-electron chi connectivity index (χ1n) is 6.88. The van der Waals surface area contributed by atoms with Crippen molar-refractivity contribution in [1.82, 2.24) is 14.5 Å². The molecule has 0 radical (unpaired) electrons. The van der Waals surface area contributed by atoms with Gasteiger partial charge in [-0.05, 0) is 12.1 Å². The summed E-state index contributed by atoms with van der Waals surface area (Å²) in [6.45, 7) is 9.41. The van der Waals surface area contributed by atoms with E-state index in [1.807, 2.05) is 0 Å². The number of aromatic nitrogens is 3. The van der Waals surface area contributed by atoms with Crippen LogP contribution in [-0.4, -0.2) is 35.0 Å². The van der Waals surface area contributed by atoms with Gasteiger partial charge in [0, 0.05) is 21.6 Å². The summed E-state index contributed by atoms with van der Waals surface area (Å²) >= 11 is 6.06. The molecule has 0 aliphatic heterocycles. The molecule has 0 bridgehead atoms. The maximum atomic E-state index is 11.8. The standard InChI is InChI=1S/C14H20ClN3O2Si/c1-10(19)12-7-11-13(15)16-8-17-14(11)18(12)9-20-5-6-21(2,3)4/h7-8H,5-6,9H2,1-4H3. The monoisotopic (exact) mass is 325 g/mol. The highest BCUT2D eigenvalue weighted by Crippen LogP contribution is 2.24. The van der Waals surface area contributed by atoms with Crippen LogP contribution in [0.5, 0.6) is 0 Å². The molecule has 0 unspecified atom stereocenters. The summed E-state index contributed by atoms with van der Waals surface area (Å²) in [6.07, 6.45) is 1.40. The van der Waals surface area contributed by atoms with Gasteiger partial charge in [0.05, 0.1) is 11.1 Å². The zero-order valence-corrected chi connectivity index (χ0v) is 14.6. The number of ketones is 1. The Kier molecular flexibility index (Phi) is 4.80. The van der Waals surface area contributed by atoms with E-state index in [0.717, 1.165) is 6.04 Å². The highest BCUT2D eigenvalue weighted by Gasteiger charge is 2.17.